The van der Waals surface area contributed by atoms with Crippen molar-refractivity contribution in [3.63, 3.8) is 0 Å². The summed E-state index contributed by atoms with van der Waals surface area (Å²) in [6.45, 7) is 17.5. The van der Waals surface area contributed by atoms with E-state index < -0.39 is 0 Å². The number of nitrogens with zero attached hydrogens (tertiary/aromatic N) is 2. The molecule has 0 fully saturated rings. The van der Waals surface area contributed by atoms with Crippen molar-refractivity contribution in [1.29, 1.82) is 0 Å². The van der Waals surface area contributed by atoms with Crippen molar-refractivity contribution in [2.24, 2.45) is 4.99 Å². The van der Waals surface area contributed by atoms with E-state index in [1.165, 1.54) is 16.8 Å². The molecule has 0 atom stereocenters. The first kappa shape index (κ1) is 15.9. The molecule has 0 amide bonds. The third-order valence-electron chi connectivity index (χ3n) is 3.45. The Morgan fingerprint density at radius 2 is 1.42 bits per heavy atom. The van der Waals surface area contributed by atoms with Crippen molar-refractivity contribution < 1.29 is 0 Å². The molecule has 0 bridgehead atoms. The van der Waals surface area contributed by atoms with Crippen LogP contribution < -0.4 is 0 Å². The van der Waals surface area contributed by atoms with Gasteiger partial charge in [0.05, 0.1) is 11.4 Å². The predicted octanol–water partition coefficient (Wildman–Crippen LogP) is 5.48. The van der Waals surface area contributed by atoms with Gasteiger partial charge in [-0.15, -0.1) is 0 Å². The monoisotopic (exact) mass is 260 g/mol. The summed E-state index contributed by atoms with van der Waals surface area (Å²) in [5, 5.41) is 0. The van der Waals surface area contributed by atoms with Gasteiger partial charge in [-0.3, -0.25) is 9.98 Å². The van der Waals surface area contributed by atoms with Gasteiger partial charge in [-0.2, -0.15) is 0 Å². The van der Waals surface area contributed by atoms with Crippen LogP contribution in [0.5, 0.6) is 0 Å². The highest BCUT2D eigenvalue weighted by Gasteiger charge is 2.21. The van der Waals surface area contributed by atoms with Gasteiger partial charge in [0.1, 0.15) is 0 Å². The molecule has 0 aliphatic rings. The molecule has 1 aromatic heterocycles. The molecule has 1 rings (SSSR count). The molecule has 0 N–H and O–H groups in total. The predicted molar refractivity (Wildman–Crippen MR) is 85.1 cm³/mol. The molecule has 0 spiro atoms. The van der Waals surface area contributed by atoms with Crippen LogP contribution >= 0.6 is 0 Å². The van der Waals surface area contributed by atoms with Crippen LogP contribution in [0.1, 0.15) is 88.7 Å². The van der Waals surface area contributed by atoms with Crippen LogP contribution in [0.3, 0.4) is 0 Å². The minimum atomic E-state index is 0.399. The van der Waals surface area contributed by atoms with E-state index in [4.69, 9.17) is 4.98 Å². The molecule has 0 radical (unpaired) electrons. The Morgan fingerprint density at radius 3 is 1.79 bits per heavy atom. The van der Waals surface area contributed by atoms with Gasteiger partial charge < -0.3 is 0 Å². The number of aliphatic imine (C=N–C) groups is 1. The number of aromatic nitrogens is 1. The molecule has 2 nitrogen and oxygen atoms in total. The van der Waals surface area contributed by atoms with Crippen molar-refractivity contribution in [1.82, 2.24) is 4.98 Å². The van der Waals surface area contributed by atoms with Crippen LogP contribution in [-0.4, -0.2) is 11.2 Å². The van der Waals surface area contributed by atoms with E-state index in [1.54, 1.807) is 0 Å². The van der Waals surface area contributed by atoms with E-state index in [0.717, 1.165) is 11.4 Å². The molecule has 0 aromatic carbocycles. The lowest BCUT2D eigenvalue weighted by Gasteiger charge is -2.23. The zero-order chi connectivity index (χ0) is 14.7. The molecular formula is C17H28N2. The van der Waals surface area contributed by atoms with Gasteiger partial charge in [0.25, 0.3) is 0 Å². The van der Waals surface area contributed by atoms with E-state index >= 15 is 0 Å². The summed E-state index contributed by atoms with van der Waals surface area (Å²) in [5.74, 6) is 1.33. The van der Waals surface area contributed by atoms with Crippen LogP contribution in [0.25, 0.3) is 0 Å². The summed E-state index contributed by atoms with van der Waals surface area (Å²) in [7, 11) is 0. The molecule has 0 saturated heterocycles. The number of pyridine rings is 1. The molecule has 0 aliphatic heterocycles. The standard InChI is InChI=1S/C17H28N2/c1-9-18-17-13(8)14(10(2)3)15(11(4)5)19-16(17)12(6)7/h9-12H,1-8H3. The highest BCUT2D eigenvalue weighted by Crippen LogP contribution is 2.37. The van der Waals surface area contributed by atoms with Gasteiger partial charge >= 0.3 is 0 Å². The molecule has 0 aliphatic carbocycles. The Labute approximate surface area is 118 Å². The van der Waals surface area contributed by atoms with Gasteiger partial charge in [-0.25, -0.2) is 0 Å². The fourth-order valence-corrected chi connectivity index (χ4v) is 2.62. The summed E-state index contributed by atoms with van der Waals surface area (Å²) in [4.78, 5) is 9.54. The second-order valence-corrected chi connectivity index (χ2v) is 6.12. The summed E-state index contributed by atoms with van der Waals surface area (Å²) in [5.41, 5.74) is 6.12. The lowest BCUT2D eigenvalue weighted by Crippen LogP contribution is -2.09. The van der Waals surface area contributed by atoms with Gasteiger partial charge in [-0.1, -0.05) is 41.5 Å². The van der Waals surface area contributed by atoms with Gasteiger partial charge in [0, 0.05) is 11.9 Å². The lowest BCUT2D eigenvalue weighted by atomic mass is 9.88. The highest BCUT2D eigenvalue weighted by atomic mass is 14.8. The zero-order valence-electron chi connectivity index (χ0n) is 13.7. The minimum Gasteiger partial charge on any atom is -0.259 e. The van der Waals surface area contributed by atoms with Crippen molar-refractivity contribution in [2.45, 2.75) is 73.1 Å². The molecular weight excluding hydrogens is 232 g/mol. The van der Waals surface area contributed by atoms with Crippen molar-refractivity contribution in [2.75, 3.05) is 0 Å². The molecule has 1 aromatic rings. The number of rotatable bonds is 4. The van der Waals surface area contributed by atoms with Gasteiger partial charge in [0.2, 0.25) is 0 Å². The maximum absolute atomic E-state index is 4.96. The summed E-state index contributed by atoms with van der Waals surface area (Å²) < 4.78 is 0. The Balaban J connectivity index is 3.70. The Morgan fingerprint density at radius 1 is 0.895 bits per heavy atom. The van der Waals surface area contributed by atoms with E-state index in [0.29, 0.717) is 17.8 Å². The van der Waals surface area contributed by atoms with E-state index in [2.05, 4.69) is 53.5 Å². The third kappa shape index (κ3) is 3.23. The largest absolute Gasteiger partial charge is 0.259 e. The lowest BCUT2D eigenvalue weighted by molar-refractivity contribution is 0.720. The first-order valence-corrected chi connectivity index (χ1v) is 7.34. The normalized spacial score (nSPS) is 12.4. The van der Waals surface area contributed by atoms with Crippen LogP contribution in [0.15, 0.2) is 4.99 Å². The second-order valence-electron chi connectivity index (χ2n) is 6.12. The minimum absolute atomic E-state index is 0.399. The Bertz CT molecular complexity index is 469. The molecule has 0 unspecified atom stereocenters. The smallest absolute Gasteiger partial charge is 0.0875 e. The summed E-state index contributed by atoms with van der Waals surface area (Å²) in [6.07, 6.45) is 1.87. The summed E-state index contributed by atoms with van der Waals surface area (Å²) >= 11 is 0. The van der Waals surface area contributed by atoms with Crippen LogP contribution in [0, 0.1) is 6.92 Å². The second kappa shape index (κ2) is 6.31. The Kier molecular flexibility index (Phi) is 5.28. The average Bonchev–Trinajstić information content (AvgIpc) is 2.29. The number of hydrogen-bond donors (Lipinski definition) is 0. The molecule has 106 valence electrons. The molecule has 19 heavy (non-hydrogen) atoms. The molecule has 0 saturated carbocycles. The zero-order valence-corrected chi connectivity index (χ0v) is 13.7. The highest BCUT2D eigenvalue weighted by molar-refractivity contribution is 5.66. The quantitative estimate of drug-likeness (QED) is 0.658. The van der Waals surface area contributed by atoms with Crippen molar-refractivity contribution in [3.05, 3.63) is 22.5 Å². The first-order chi connectivity index (χ1) is 8.81. The summed E-state index contributed by atoms with van der Waals surface area (Å²) in [6, 6.07) is 0. The van der Waals surface area contributed by atoms with Gasteiger partial charge in [-0.05, 0) is 42.7 Å². The van der Waals surface area contributed by atoms with Gasteiger partial charge in [0.15, 0.2) is 0 Å². The van der Waals surface area contributed by atoms with Crippen LogP contribution in [0.4, 0.5) is 5.69 Å². The fourth-order valence-electron chi connectivity index (χ4n) is 2.62. The van der Waals surface area contributed by atoms with Crippen molar-refractivity contribution >= 4 is 11.9 Å². The van der Waals surface area contributed by atoms with Crippen molar-refractivity contribution in [3.8, 4) is 0 Å². The average molecular weight is 260 g/mol. The maximum Gasteiger partial charge on any atom is 0.0875 e. The third-order valence-corrected chi connectivity index (χ3v) is 3.45. The van der Waals surface area contributed by atoms with Crippen LogP contribution in [-0.2, 0) is 0 Å². The Hall–Kier alpha value is -1.18. The van der Waals surface area contributed by atoms with E-state index in [-0.39, 0.29) is 0 Å². The molecule has 2 heteroatoms. The fraction of sp³-hybridized carbons (Fsp3) is 0.647. The maximum atomic E-state index is 4.96. The SMILES string of the molecule is CC=Nc1c(C(C)C)nc(C(C)C)c(C(C)C)c1C. The first-order valence-electron chi connectivity index (χ1n) is 7.34. The molecule has 1 heterocycles. The van der Waals surface area contributed by atoms with E-state index in [1.807, 2.05) is 13.1 Å². The van der Waals surface area contributed by atoms with Crippen LogP contribution in [0.2, 0.25) is 0 Å². The number of hydrogen-bond acceptors (Lipinski definition) is 2. The topological polar surface area (TPSA) is 25.2 Å². The van der Waals surface area contributed by atoms with E-state index in [9.17, 15) is 0 Å².